The van der Waals surface area contributed by atoms with Gasteiger partial charge < -0.3 is 16.0 Å². The minimum Gasteiger partial charge on any atom is -0.371 e. The number of unbranched alkanes of at least 4 members (excludes halogenated alkanes) is 2. The van der Waals surface area contributed by atoms with Crippen molar-refractivity contribution in [1.82, 2.24) is 31.4 Å². The van der Waals surface area contributed by atoms with Crippen molar-refractivity contribution in [3.8, 4) is 0 Å². The summed E-state index contributed by atoms with van der Waals surface area (Å²) >= 11 is 6.23. The number of rotatable bonds is 11. The number of hydrazine groups is 2. The first-order chi connectivity index (χ1) is 17.1. The number of nitrogens with zero attached hydrogens (tertiary/aromatic N) is 2. The highest BCUT2D eigenvalue weighted by atomic mass is 35.5. The zero-order valence-electron chi connectivity index (χ0n) is 25.0. The van der Waals surface area contributed by atoms with Crippen LogP contribution in [-0.4, -0.2) is 45.7 Å². The maximum Gasteiger partial charge on any atom is 0.141 e. The van der Waals surface area contributed by atoms with E-state index in [1.165, 1.54) is 56.0 Å². The Hall–Kier alpha value is -1.02. The average Bonchev–Trinajstić information content (AvgIpc) is 2.68. The molecule has 37 heavy (non-hydrogen) atoms. The van der Waals surface area contributed by atoms with Crippen LogP contribution < -0.4 is 26.8 Å². The van der Waals surface area contributed by atoms with Crippen molar-refractivity contribution < 1.29 is 0 Å². The van der Waals surface area contributed by atoms with E-state index < -0.39 is 0 Å². The smallest absolute Gasteiger partial charge is 0.141 e. The Morgan fingerprint density at radius 1 is 0.784 bits per heavy atom. The molecule has 3 heterocycles. The van der Waals surface area contributed by atoms with E-state index in [1.54, 1.807) is 0 Å². The van der Waals surface area contributed by atoms with Crippen molar-refractivity contribution in [3.63, 3.8) is 0 Å². The summed E-state index contributed by atoms with van der Waals surface area (Å²) in [7, 11) is 0. The Kier molecular flexibility index (Phi) is 10.3. The molecule has 2 saturated heterocycles. The second kappa shape index (κ2) is 12.4. The summed E-state index contributed by atoms with van der Waals surface area (Å²) in [5.41, 5.74) is 7.10. The summed E-state index contributed by atoms with van der Waals surface area (Å²) in [6.07, 6.45) is 14.3. The predicted octanol–water partition coefficient (Wildman–Crippen LogP) is 5.75. The van der Waals surface area contributed by atoms with Gasteiger partial charge in [-0.15, -0.1) is 0 Å². The van der Waals surface area contributed by atoms with E-state index in [-0.39, 0.29) is 22.2 Å². The van der Waals surface area contributed by atoms with Gasteiger partial charge in [-0.1, -0.05) is 25.7 Å². The molecule has 0 radical (unpaired) electrons. The van der Waals surface area contributed by atoms with Gasteiger partial charge in [0.1, 0.15) is 11.7 Å². The Labute approximate surface area is 232 Å². The van der Waals surface area contributed by atoms with Gasteiger partial charge in [0.2, 0.25) is 0 Å². The average molecular weight is 538 g/mol. The van der Waals surface area contributed by atoms with Crippen LogP contribution in [0.3, 0.4) is 0 Å². The third kappa shape index (κ3) is 10.9. The predicted molar refractivity (Wildman–Crippen MR) is 158 cm³/mol. The number of hydrogen-bond acceptors (Lipinski definition) is 6. The van der Waals surface area contributed by atoms with Crippen molar-refractivity contribution in [3.05, 3.63) is 11.9 Å². The number of hydrogen-bond donors (Lipinski definition) is 5. The quantitative estimate of drug-likeness (QED) is 0.171. The first-order valence-electron chi connectivity index (χ1n) is 14.7. The fraction of sp³-hybridized carbons (Fsp3) is 0.897. The number of nitrogens with one attached hydrogen (secondary N) is 5. The van der Waals surface area contributed by atoms with E-state index in [9.17, 15) is 0 Å². The molecular weight excluding hydrogens is 482 g/mol. The number of aliphatic imine (C=N–C) groups is 1. The molecule has 3 aliphatic heterocycles. The van der Waals surface area contributed by atoms with Crippen LogP contribution in [0.15, 0.2) is 16.9 Å². The topological polar surface area (TPSA) is 75.8 Å². The van der Waals surface area contributed by atoms with Crippen LogP contribution in [0, 0.1) is 11.8 Å². The normalized spacial score (nSPS) is 26.8. The van der Waals surface area contributed by atoms with E-state index in [4.69, 9.17) is 16.8 Å². The molecule has 0 aromatic rings. The lowest BCUT2D eigenvalue weighted by molar-refractivity contribution is 0.121. The van der Waals surface area contributed by atoms with E-state index in [1.807, 2.05) is 6.08 Å². The Morgan fingerprint density at radius 2 is 1.27 bits per heavy atom. The van der Waals surface area contributed by atoms with Crippen molar-refractivity contribution in [2.24, 2.45) is 16.8 Å². The van der Waals surface area contributed by atoms with Gasteiger partial charge in [0.05, 0.1) is 0 Å². The largest absolute Gasteiger partial charge is 0.371 e. The van der Waals surface area contributed by atoms with Gasteiger partial charge in [-0.25, -0.2) is 0 Å². The molecule has 0 unspecified atom stereocenters. The van der Waals surface area contributed by atoms with Crippen molar-refractivity contribution in [1.29, 1.82) is 0 Å². The van der Waals surface area contributed by atoms with Crippen LogP contribution in [0.4, 0.5) is 0 Å². The van der Waals surface area contributed by atoms with Crippen molar-refractivity contribution >= 4 is 17.6 Å². The molecule has 0 aliphatic carbocycles. The van der Waals surface area contributed by atoms with E-state index >= 15 is 0 Å². The molecule has 0 atom stereocenters. The van der Waals surface area contributed by atoms with E-state index in [0.29, 0.717) is 0 Å². The molecule has 3 aliphatic rings. The Balaban J connectivity index is 1.35. The monoisotopic (exact) mass is 537 g/mol. The maximum atomic E-state index is 6.23. The molecule has 7 nitrogen and oxygen atoms in total. The van der Waals surface area contributed by atoms with Crippen molar-refractivity contribution in [2.75, 3.05) is 13.1 Å². The Bertz CT molecular complexity index is 770. The third-order valence-corrected chi connectivity index (χ3v) is 8.09. The molecule has 0 spiro atoms. The molecule has 8 heteroatoms. The molecule has 3 rings (SSSR count). The molecule has 2 fully saturated rings. The zero-order chi connectivity index (χ0) is 27.3. The number of halogens is 1. The minimum atomic E-state index is 0.227. The standard InChI is InChI=1S/C29H56ClN7/c1-26(2)18-22(19-27(3,4)35-26)13-9-11-15-31-24-17-25(34-37(30)33-24)32-16-12-10-14-23-20-28(5,6)36-29(7,8)21-23/h17,22-23,31,33,35-36H,9-16,18-21H2,1-8H3,(H,32,34). The SMILES string of the molecule is CC1(C)CC(CCCCN=C2C=C(NCCCCC3CC(C)(C)NC(C)(C)C3)NN(Cl)N2)CC(C)(C)N1. The summed E-state index contributed by atoms with van der Waals surface area (Å²) < 4.78 is 1.36. The molecule has 0 amide bonds. The molecular formula is C29H56ClN7. The summed E-state index contributed by atoms with van der Waals surface area (Å²) in [5.74, 6) is 3.29. The number of amidine groups is 1. The van der Waals surface area contributed by atoms with E-state index in [2.05, 4.69) is 82.2 Å². The molecule has 0 saturated carbocycles. The second-order valence-corrected chi connectivity index (χ2v) is 14.9. The van der Waals surface area contributed by atoms with Crippen LogP contribution in [0.2, 0.25) is 0 Å². The van der Waals surface area contributed by atoms with Crippen LogP contribution >= 0.6 is 11.8 Å². The highest BCUT2D eigenvalue weighted by molar-refractivity contribution is 6.14. The number of piperidine rings is 2. The van der Waals surface area contributed by atoms with Gasteiger partial charge in [-0.3, -0.25) is 15.8 Å². The van der Waals surface area contributed by atoms with Crippen LogP contribution in [0.5, 0.6) is 0 Å². The third-order valence-electron chi connectivity index (χ3n) is 7.92. The lowest BCUT2D eigenvalue weighted by atomic mass is 9.74. The first-order valence-corrected chi connectivity index (χ1v) is 15.0. The molecule has 0 bridgehead atoms. The summed E-state index contributed by atoms with van der Waals surface area (Å²) in [5, 5.41) is 11.1. The highest BCUT2D eigenvalue weighted by Crippen LogP contribution is 2.36. The zero-order valence-corrected chi connectivity index (χ0v) is 25.7. The Morgan fingerprint density at radius 3 is 1.78 bits per heavy atom. The van der Waals surface area contributed by atoms with Gasteiger partial charge >= 0.3 is 0 Å². The summed E-state index contributed by atoms with van der Waals surface area (Å²) in [6.45, 7) is 20.4. The lowest BCUT2D eigenvalue weighted by Gasteiger charge is -2.46. The molecule has 5 N–H and O–H groups in total. The summed E-state index contributed by atoms with van der Waals surface area (Å²) in [6, 6.07) is 0. The van der Waals surface area contributed by atoms with Gasteiger partial charge in [0.15, 0.2) is 0 Å². The van der Waals surface area contributed by atoms with Gasteiger partial charge in [0, 0.05) is 53.1 Å². The fourth-order valence-corrected chi connectivity index (χ4v) is 7.79. The van der Waals surface area contributed by atoms with Crippen LogP contribution in [0.1, 0.15) is 120 Å². The van der Waals surface area contributed by atoms with Crippen LogP contribution in [-0.2, 0) is 0 Å². The molecule has 0 aromatic carbocycles. The van der Waals surface area contributed by atoms with E-state index in [0.717, 1.165) is 49.4 Å². The molecule has 0 aromatic heterocycles. The van der Waals surface area contributed by atoms with Gasteiger partial charge in [-0.2, -0.15) is 0 Å². The fourth-order valence-electron chi connectivity index (χ4n) is 7.61. The summed E-state index contributed by atoms with van der Waals surface area (Å²) in [4.78, 5) is 4.76. The highest BCUT2D eigenvalue weighted by Gasteiger charge is 2.38. The first kappa shape index (κ1) is 30.5. The van der Waals surface area contributed by atoms with Crippen molar-refractivity contribution in [2.45, 2.75) is 142 Å². The second-order valence-electron chi connectivity index (χ2n) is 14.6. The maximum absolute atomic E-state index is 6.23. The van der Waals surface area contributed by atoms with Crippen LogP contribution in [0.25, 0.3) is 0 Å². The lowest BCUT2D eigenvalue weighted by Crippen LogP contribution is -2.57. The molecule has 214 valence electrons. The van der Waals surface area contributed by atoms with Gasteiger partial charge in [0.25, 0.3) is 0 Å². The minimum absolute atomic E-state index is 0.227. The van der Waals surface area contributed by atoms with Gasteiger partial charge in [-0.05, 0) is 110 Å².